The second kappa shape index (κ2) is 7.15. The molecule has 0 bridgehead atoms. The highest BCUT2D eigenvalue weighted by Gasteiger charge is 2.15. The van der Waals surface area contributed by atoms with Gasteiger partial charge in [0.05, 0.1) is 4.90 Å². The molecule has 2 rings (SSSR count). The molecule has 0 saturated heterocycles. The third-order valence-electron chi connectivity index (χ3n) is 3.15. The van der Waals surface area contributed by atoms with Crippen LogP contribution in [0, 0.1) is 0 Å². The van der Waals surface area contributed by atoms with Gasteiger partial charge in [0, 0.05) is 5.69 Å². The van der Waals surface area contributed by atoms with Crippen LogP contribution in [0.25, 0.3) is 12.2 Å². The van der Waals surface area contributed by atoms with Crippen LogP contribution in [0.15, 0.2) is 52.3 Å². The molecule has 0 fully saturated rings. The van der Waals surface area contributed by atoms with Crippen molar-refractivity contribution in [3.05, 3.63) is 53.6 Å². The molecule has 0 aliphatic rings. The summed E-state index contributed by atoms with van der Waals surface area (Å²) in [5, 5.41) is 2.28. The Morgan fingerprint density at radius 3 is 2.00 bits per heavy atom. The number of hydrogen-bond donors (Lipinski definition) is 3. The van der Waals surface area contributed by atoms with Crippen LogP contribution in [-0.2, 0) is 25.0 Å². The molecule has 0 spiro atoms. The summed E-state index contributed by atoms with van der Waals surface area (Å²) in [6, 6.07) is 9.14. The Hall–Kier alpha value is -2.53. The molecule has 8 nitrogen and oxygen atoms in total. The molecule has 1 amide bonds. The Morgan fingerprint density at radius 2 is 1.48 bits per heavy atom. The van der Waals surface area contributed by atoms with Gasteiger partial charge in [0.2, 0.25) is 6.41 Å². The molecule has 25 heavy (non-hydrogen) atoms. The largest absolute Gasteiger partial charge is 0.329 e. The molecule has 2 aromatic carbocycles. The van der Waals surface area contributed by atoms with E-state index in [4.69, 9.17) is 4.55 Å². The fourth-order valence-corrected chi connectivity index (χ4v) is 3.18. The van der Waals surface area contributed by atoms with Crippen molar-refractivity contribution in [1.82, 2.24) is 0 Å². The van der Waals surface area contributed by atoms with Crippen molar-refractivity contribution in [2.45, 2.75) is 9.79 Å². The maximum Gasteiger partial charge on any atom is 0.295 e. The summed E-state index contributed by atoms with van der Waals surface area (Å²) in [5.41, 5.74) is 0.888. The molecule has 0 atom stereocenters. The van der Waals surface area contributed by atoms with Gasteiger partial charge in [-0.15, -0.1) is 0 Å². The van der Waals surface area contributed by atoms with E-state index in [1.165, 1.54) is 48.6 Å². The number of anilines is 1. The van der Waals surface area contributed by atoms with Gasteiger partial charge in [-0.25, -0.2) is 0 Å². The van der Waals surface area contributed by atoms with Gasteiger partial charge in [0.1, 0.15) is 4.90 Å². The van der Waals surface area contributed by atoms with E-state index in [0.29, 0.717) is 12.0 Å². The lowest BCUT2D eigenvalue weighted by molar-refractivity contribution is -0.105. The molecule has 132 valence electrons. The topological polar surface area (TPSA) is 138 Å². The van der Waals surface area contributed by atoms with Gasteiger partial charge >= 0.3 is 0 Å². The third-order valence-corrected chi connectivity index (χ3v) is 4.93. The van der Waals surface area contributed by atoms with Crippen molar-refractivity contribution in [3.8, 4) is 0 Å². The molecular weight excluding hydrogens is 370 g/mol. The van der Waals surface area contributed by atoms with Crippen LogP contribution < -0.4 is 5.32 Å². The Bertz CT molecular complexity index is 1020. The van der Waals surface area contributed by atoms with E-state index in [1.54, 1.807) is 0 Å². The second-order valence-electron chi connectivity index (χ2n) is 4.87. The summed E-state index contributed by atoms with van der Waals surface area (Å²) in [5.74, 6) is 0. The molecule has 0 heterocycles. The van der Waals surface area contributed by atoms with Crippen LogP contribution >= 0.6 is 0 Å². The molecule has 0 aliphatic carbocycles. The summed E-state index contributed by atoms with van der Waals surface area (Å²) in [4.78, 5) is 9.76. The molecule has 3 N–H and O–H groups in total. The first-order valence-corrected chi connectivity index (χ1v) is 9.56. The van der Waals surface area contributed by atoms with Crippen LogP contribution in [0.1, 0.15) is 11.1 Å². The van der Waals surface area contributed by atoms with Crippen LogP contribution in [0.3, 0.4) is 0 Å². The first-order chi connectivity index (χ1) is 11.6. The SMILES string of the molecule is O=CNc1ccc(C=Cc2ccc(S(=O)(=O)O)cc2)c(S(=O)(=O)O)c1. The highest BCUT2D eigenvalue weighted by atomic mass is 32.2. The highest BCUT2D eigenvalue weighted by Crippen LogP contribution is 2.23. The van der Waals surface area contributed by atoms with E-state index < -0.39 is 25.1 Å². The van der Waals surface area contributed by atoms with Gasteiger partial charge in [-0.1, -0.05) is 30.4 Å². The van der Waals surface area contributed by atoms with Crippen molar-refractivity contribution in [1.29, 1.82) is 0 Å². The molecule has 10 heteroatoms. The number of rotatable bonds is 6. The fourth-order valence-electron chi connectivity index (χ4n) is 1.99. The number of carbonyl (C=O) groups is 1. The highest BCUT2D eigenvalue weighted by molar-refractivity contribution is 7.86. The van der Waals surface area contributed by atoms with Gasteiger partial charge in [-0.05, 0) is 35.4 Å². The van der Waals surface area contributed by atoms with Crippen molar-refractivity contribution < 1.29 is 30.7 Å². The fraction of sp³-hybridized carbons (Fsp3) is 0. The maximum atomic E-state index is 11.5. The summed E-state index contributed by atoms with van der Waals surface area (Å²) in [6.07, 6.45) is 3.26. The van der Waals surface area contributed by atoms with E-state index >= 15 is 0 Å². The minimum absolute atomic E-state index is 0.165. The Morgan fingerprint density at radius 1 is 0.840 bits per heavy atom. The Kier molecular flexibility index (Phi) is 5.38. The van der Waals surface area contributed by atoms with Crippen LogP contribution in [-0.4, -0.2) is 32.4 Å². The van der Waals surface area contributed by atoms with Crippen LogP contribution in [0.2, 0.25) is 0 Å². The summed E-state index contributed by atoms with van der Waals surface area (Å²) in [7, 11) is -8.82. The summed E-state index contributed by atoms with van der Waals surface area (Å²) >= 11 is 0. The van der Waals surface area contributed by atoms with Crippen molar-refractivity contribution in [2.24, 2.45) is 0 Å². The van der Waals surface area contributed by atoms with E-state index in [-0.39, 0.29) is 16.1 Å². The minimum atomic E-state index is -4.52. The lowest BCUT2D eigenvalue weighted by Crippen LogP contribution is -2.03. The number of carbonyl (C=O) groups excluding carboxylic acids is 1. The molecule has 2 aromatic rings. The number of benzene rings is 2. The Labute approximate surface area is 144 Å². The second-order valence-corrected chi connectivity index (χ2v) is 7.68. The van der Waals surface area contributed by atoms with Crippen LogP contribution in [0.4, 0.5) is 5.69 Å². The maximum absolute atomic E-state index is 11.5. The molecular formula is C15H13NO7S2. The standard InChI is InChI=1S/C15H13NO7S2/c17-10-16-13-6-5-12(15(9-13)25(21,22)23)4-1-11-2-7-14(8-3-11)24(18,19)20/h1-10H,(H,16,17)(H,18,19,20)(H,21,22,23). The lowest BCUT2D eigenvalue weighted by Gasteiger charge is -2.06. The predicted octanol–water partition coefficient (Wildman–Crippen LogP) is 1.92. The summed E-state index contributed by atoms with van der Waals surface area (Å²) < 4.78 is 63.2. The zero-order valence-electron chi connectivity index (χ0n) is 12.5. The van der Waals surface area contributed by atoms with Gasteiger partial charge < -0.3 is 5.32 Å². The van der Waals surface area contributed by atoms with Crippen molar-refractivity contribution in [3.63, 3.8) is 0 Å². The van der Waals surface area contributed by atoms with E-state index in [2.05, 4.69) is 5.32 Å². The lowest BCUT2D eigenvalue weighted by atomic mass is 10.1. The predicted molar refractivity (Wildman–Crippen MR) is 91.1 cm³/mol. The first-order valence-electron chi connectivity index (χ1n) is 6.68. The Balaban J connectivity index is 2.39. The van der Waals surface area contributed by atoms with E-state index in [0.717, 1.165) is 6.07 Å². The van der Waals surface area contributed by atoms with Crippen LogP contribution in [0.5, 0.6) is 0 Å². The zero-order chi connectivity index (χ0) is 18.7. The monoisotopic (exact) mass is 383 g/mol. The number of nitrogens with one attached hydrogen (secondary N) is 1. The van der Waals surface area contributed by atoms with E-state index in [9.17, 15) is 26.2 Å². The summed E-state index contributed by atoms with van der Waals surface area (Å²) in [6.45, 7) is 0. The molecule has 0 aromatic heterocycles. The number of hydrogen-bond acceptors (Lipinski definition) is 5. The smallest absolute Gasteiger partial charge is 0.295 e. The van der Waals surface area contributed by atoms with Gasteiger partial charge in [-0.3, -0.25) is 13.9 Å². The van der Waals surface area contributed by atoms with Crippen molar-refractivity contribution in [2.75, 3.05) is 5.32 Å². The average Bonchev–Trinajstić information content (AvgIpc) is 2.52. The van der Waals surface area contributed by atoms with Gasteiger partial charge in [0.25, 0.3) is 20.2 Å². The van der Waals surface area contributed by atoms with E-state index in [1.807, 2.05) is 0 Å². The molecule has 0 saturated carbocycles. The van der Waals surface area contributed by atoms with Crippen molar-refractivity contribution >= 4 is 44.5 Å². The number of amides is 1. The normalized spacial score (nSPS) is 12.2. The first kappa shape index (κ1) is 18.8. The minimum Gasteiger partial charge on any atom is -0.329 e. The van der Waals surface area contributed by atoms with Gasteiger partial charge in [0.15, 0.2) is 0 Å². The molecule has 0 unspecified atom stereocenters. The quantitative estimate of drug-likeness (QED) is 0.393. The van der Waals surface area contributed by atoms with Gasteiger partial charge in [-0.2, -0.15) is 16.8 Å². The average molecular weight is 383 g/mol. The third kappa shape index (κ3) is 4.97. The zero-order valence-corrected chi connectivity index (χ0v) is 14.2. The molecule has 0 radical (unpaired) electrons. The molecule has 0 aliphatic heterocycles.